The molecule has 0 aliphatic rings. The summed E-state index contributed by atoms with van der Waals surface area (Å²) in [5, 5.41) is 7.22. The van der Waals surface area contributed by atoms with Gasteiger partial charge in [-0.1, -0.05) is 32.0 Å². The number of para-hydroxylation sites is 1. The van der Waals surface area contributed by atoms with Gasteiger partial charge in [0.25, 0.3) is 0 Å². The molecule has 0 aliphatic heterocycles. The minimum Gasteiger partial charge on any atom is -0.354 e. The summed E-state index contributed by atoms with van der Waals surface area (Å²) in [7, 11) is 0. The Morgan fingerprint density at radius 3 is 2.73 bits per heavy atom. The molecule has 0 saturated heterocycles. The second-order valence-electron chi connectivity index (χ2n) is 5.91. The number of carbonyl (C=O) groups excluding carboxylic acids is 1. The van der Waals surface area contributed by atoms with Crippen molar-refractivity contribution in [3.05, 3.63) is 48.3 Å². The number of carbonyl (C=O) groups is 1. The molecule has 0 radical (unpaired) electrons. The van der Waals surface area contributed by atoms with Crippen LogP contribution in [-0.4, -0.2) is 28.3 Å². The van der Waals surface area contributed by atoms with E-state index in [9.17, 15) is 4.79 Å². The SMILES string of the molecule is CC(C)C[C@H](N)C(=O)NCCc1cnn(-c2ccccc2)c1. The van der Waals surface area contributed by atoms with Gasteiger partial charge in [0.15, 0.2) is 0 Å². The average molecular weight is 300 g/mol. The van der Waals surface area contributed by atoms with Gasteiger partial charge in [-0.05, 0) is 36.5 Å². The van der Waals surface area contributed by atoms with E-state index in [4.69, 9.17) is 5.73 Å². The molecule has 1 aromatic carbocycles. The Labute approximate surface area is 131 Å². The Hall–Kier alpha value is -2.14. The smallest absolute Gasteiger partial charge is 0.236 e. The van der Waals surface area contributed by atoms with Crippen molar-refractivity contribution in [3.8, 4) is 5.69 Å². The first kappa shape index (κ1) is 16.2. The molecule has 0 bridgehead atoms. The van der Waals surface area contributed by atoms with Gasteiger partial charge in [-0.2, -0.15) is 5.10 Å². The zero-order valence-electron chi connectivity index (χ0n) is 13.2. The van der Waals surface area contributed by atoms with Crippen LogP contribution in [0.5, 0.6) is 0 Å². The Balaban J connectivity index is 1.81. The molecule has 2 aromatic rings. The molecule has 1 amide bonds. The Morgan fingerprint density at radius 1 is 1.32 bits per heavy atom. The predicted octanol–water partition coefficient (Wildman–Crippen LogP) is 1.90. The van der Waals surface area contributed by atoms with E-state index in [2.05, 4.69) is 24.3 Å². The second-order valence-corrected chi connectivity index (χ2v) is 5.91. The van der Waals surface area contributed by atoms with E-state index in [1.54, 1.807) is 0 Å². The average Bonchev–Trinajstić information content (AvgIpc) is 2.96. The Kier molecular flexibility index (Phi) is 5.72. The molecule has 0 fully saturated rings. The van der Waals surface area contributed by atoms with Crippen molar-refractivity contribution in [1.82, 2.24) is 15.1 Å². The minimum atomic E-state index is -0.424. The van der Waals surface area contributed by atoms with Gasteiger partial charge in [0.2, 0.25) is 5.91 Å². The highest BCUT2D eigenvalue weighted by Crippen LogP contribution is 2.08. The molecule has 1 aromatic heterocycles. The molecule has 118 valence electrons. The first-order valence-electron chi connectivity index (χ1n) is 7.68. The molecule has 1 heterocycles. The lowest BCUT2D eigenvalue weighted by Gasteiger charge is -2.13. The molecule has 5 nitrogen and oxygen atoms in total. The van der Waals surface area contributed by atoms with Crippen molar-refractivity contribution in [2.75, 3.05) is 6.54 Å². The highest BCUT2D eigenvalue weighted by Gasteiger charge is 2.14. The maximum Gasteiger partial charge on any atom is 0.236 e. The van der Waals surface area contributed by atoms with Crippen LogP contribution >= 0.6 is 0 Å². The van der Waals surface area contributed by atoms with E-state index in [-0.39, 0.29) is 5.91 Å². The van der Waals surface area contributed by atoms with E-state index < -0.39 is 6.04 Å². The van der Waals surface area contributed by atoms with Crippen LogP contribution < -0.4 is 11.1 Å². The highest BCUT2D eigenvalue weighted by atomic mass is 16.2. The fraction of sp³-hybridized carbons (Fsp3) is 0.412. The number of amides is 1. The normalized spacial score (nSPS) is 12.4. The van der Waals surface area contributed by atoms with Crippen LogP contribution in [0, 0.1) is 5.92 Å². The first-order valence-corrected chi connectivity index (χ1v) is 7.68. The van der Waals surface area contributed by atoms with E-state index in [0.717, 1.165) is 17.7 Å². The van der Waals surface area contributed by atoms with Gasteiger partial charge in [-0.25, -0.2) is 4.68 Å². The van der Waals surface area contributed by atoms with Crippen molar-refractivity contribution in [3.63, 3.8) is 0 Å². The summed E-state index contributed by atoms with van der Waals surface area (Å²) in [6, 6.07) is 9.52. The third-order valence-electron chi connectivity index (χ3n) is 3.43. The van der Waals surface area contributed by atoms with E-state index in [0.29, 0.717) is 18.9 Å². The lowest BCUT2D eigenvalue weighted by molar-refractivity contribution is -0.122. The van der Waals surface area contributed by atoms with Crippen molar-refractivity contribution in [2.45, 2.75) is 32.7 Å². The molecule has 0 unspecified atom stereocenters. The largest absolute Gasteiger partial charge is 0.354 e. The van der Waals surface area contributed by atoms with Gasteiger partial charge < -0.3 is 11.1 Å². The molecule has 0 aliphatic carbocycles. The van der Waals surface area contributed by atoms with Gasteiger partial charge in [0.05, 0.1) is 17.9 Å². The standard InChI is InChI=1S/C17H24N4O/c1-13(2)10-16(18)17(22)19-9-8-14-11-20-21(12-14)15-6-4-3-5-7-15/h3-7,11-13,16H,8-10,18H2,1-2H3,(H,19,22)/t16-/m0/s1. The number of nitrogens with one attached hydrogen (secondary N) is 1. The highest BCUT2D eigenvalue weighted by molar-refractivity contribution is 5.81. The number of hydrogen-bond donors (Lipinski definition) is 2. The van der Waals surface area contributed by atoms with Gasteiger partial charge in [-0.15, -0.1) is 0 Å². The molecular weight excluding hydrogens is 276 g/mol. The van der Waals surface area contributed by atoms with E-state index in [1.807, 2.05) is 47.4 Å². The molecule has 0 spiro atoms. The van der Waals surface area contributed by atoms with Crippen LogP contribution in [0.25, 0.3) is 5.69 Å². The van der Waals surface area contributed by atoms with Gasteiger partial charge in [0, 0.05) is 12.7 Å². The van der Waals surface area contributed by atoms with Crippen LogP contribution in [-0.2, 0) is 11.2 Å². The maximum absolute atomic E-state index is 11.8. The van der Waals surface area contributed by atoms with Gasteiger partial charge in [0.1, 0.15) is 0 Å². The molecular formula is C17H24N4O. The molecule has 3 N–H and O–H groups in total. The van der Waals surface area contributed by atoms with Crippen LogP contribution in [0.1, 0.15) is 25.8 Å². The maximum atomic E-state index is 11.8. The van der Waals surface area contributed by atoms with Gasteiger partial charge in [-0.3, -0.25) is 4.79 Å². The summed E-state index contributed by atoms with van der Waals surface area (Å²) in [5.74, 6) is 0.342. The lowest BCUT2D eigenvalue weighted by atomic mass is 10.0. The van der Waals surface area contributed by atoms with Crippen LogP contribution in [0.2, 0.25) is 0 Å². The lowest BCUT2D eigenvalue weighted by Crippen LogP contribution is -2.42. The van der Waals surface area contributed by atoms with Crippen LogP contribution in [0.4, 0.5) is 0 Å². The number of hydrogen-bond acceptors (Lipinski definition) is 3. The second kappa shape index (κ2) is 7.75. The number of rotatable bonds is 7. The molecule has 2 rings (SSSR count). The Morgan fingerprint density at radius 2 is 2.05 bits per heavy atom. The number of benzene rings is 1. The van der Waals surface area contributed by atoms with Crippen LogP contribution in [0.15, 0.2) is 42.7 Å². The minimum absolute atomic E-state index is 0.0795. The summed E-state index contributed by atoms with van der Waals surface area (Å²) < 4.78 is 1.83. The summed E-state index contributed by atoms with van der Waals surface area (Å²) in [4.78, 5) is 11.8. The fourth-order valence-electron chi connectivity index (χ4n) is 2.29. The third-order valence-corrected chi connectivity index (χ3v) is 3.43. The van der Waals surface area contributed by atoms with Gasteiger partial charge >= 0.3 is 0 Å². The topological polar surface area (TPSA) is 72.9 Å². The molecule has 1 atom stereocenters. The first-order chi connectivity index (χ1) is 10.6. The zero-order valence-corrected chi connectivity index (χ0v) is 13.2. The van der Waals surface area contributed by atoms with Crippen molar-refractivity contribution in [2.24, 2.45) is 11.7 Å². The number of aromatic nitrogens is 2. The summed E-state index contributed by atoms with van der Waals surface area (Å²) in [6.45, 7) is 4.70. The van der Waals surface area contributed by atoms with E-state index in [1.165, 1.54) is 0 Å². The zero-order chi connectivity index (χ0) is 15.9. The molecule has 5 heteroatoms. The number of nitrogens with zero attached hydrogens (tertiary/aromatic N) is 2. The van der Waals surface area contributed by atoms with Crippen molar-refractivity contribution < 1.29 is 4.79 Å². The summed E-state index contributed by atoms with van der Waals surface area (Å²) in [6.07, 6.45) is 5.26. The monoisotopic (exact) mass is 300 g/mol. The quantitative estimate of drug-likeness (QED) is 0.820. The summed E-state index contributed by atoms with van der Waals surface area (Å²) in [5.41, 5.74) is 7.96. The number of nitrogens with two attached hydrogens (primary N) is 1. The predicted molar refractivity (Wildman–Crippen MR) is 87.7 cm³/mol. The summed E-state index contributed by atoms with van der Waals surface area (Å²) >= 11 is 0. The molecule has 22 heavy (non-hydrogen) atoms. The van der Waals surface area contributed by atoms with E-state index >= 15 is 0 Å². The van der Waals surface area contributed by atoms with Crippen molar-refractivity contribution >= 4 is 5.91 Å². The molecule has 0 saturated carbocycles. The van der Waals surface area contributed by atoms with Crippen LogP contribution in [0.3, 0.4) is 0 Å². The third kappa shape index (κ3) is 4.70. The fourth-order valence-corrected chi connectivity index (χ4v) is 2.29. The Bertz CT molecular complexity index is 592. The van der Waals surface area contributed by atoms with Crippen molar-refractivity contribution in [1.29, 1.82) is 0 Å².